The predicted octanol–water partition coefficient (Wildman–Crippen LogP) is 5.60. The Labute approximate surface area is 222 Å². The molecule has 1 aromatic heterocycles. The van der Waals surface area contributed by atoms with Gasteiger partial charge in [-0.05, 0) is 54.8 Å². The number of halogens is 1. The quantitative estimate of drug-likeness (QED) is 0.348. The van der Waals surface area contributed by atoms with Gasteiger partial charge in [0.2, 0.25) is 5.91 Å². The molecular weight excluding hydrogens is 511 g/mol. The van der Waals surface area contributed by atoms with Gasteiger partial charge in [-0.3, -0.25) is 9.59 Å². The molecule has 2 heterocycles. The SMILES string of the molecule is COc1ccccc1NC(=O)C1=C(C)NC(SCC(=O)Nc2ccc(F)cc2)=C(C#N)C1c1cccs1. The van der Waals surface area contributed by atoms with Crippen molar-refractivity contribution in [3.05, 3.63) is 98.6 Å². The van der Waals surface area contributed by atoms with Gasteiger partial charge < -0.3 is 20.7 Å². The van der Waals surface area contributed by atoms with Gasteiger partial charge >= 0.3 is 0 Å². The second-order valence-electron chi connectivity index (χ2n) is 7.96. The summed E-state index contributed by atoms with van der Waals surface area (Å²) in [4.78, 5) is 26.9. The fourth-order valence-corrected chi connectivity index (χ4v) is 5.61. The number of methoxy groups -OCH3 is 1. The van der Waals surface area contributed by atoms with E-state index in [4.69, 9.17) is 4.74 Å². The normalized spacial score (nSPS) is 15.0. The first-order chi connectivity index (χ1) is 17.9. The van der Waals surface area contributed by atoms with Gasteiger partial charge in [0.1, 0.15) is 11.6 Å². The number of ether oxygens (including phenoxy) is 1. The highest BCUT2D eigenvalue weighted by Crippen LogP contribution is 2.42. The summed E-state index contributed by atoms with van der Waals surface area (Å²) in [7, 11) is 1.53. The average molecular weight is 535 g/mol. The van der Waals surface area contributed by atoms with Crippen LogP contribution in [0.4, 0.5) is 15.8 Å². The van der Waals surface area contributed by atoms with E-state index in [-0.39, 0.29) is 17.6 Å². The number of carbonyl (C=O) groups is 2. The number of carbonyl (C=O) groups excluding carboxylic acids is 2. The van der Waals surface area contributed by atoms with Crippen LogP contribution < -0.4 is 20.7 Å². The molecule has 0 radical (unpaired) electrons. The standard InChI is InChI=1S/C27H23FN4O3S2/c1-16-24(26(34)32-20-6-3-4-7-21(20)35-2)25(22-8-5-13-36-22)19(14-29)27(30-16)37-15-23(33)31-18-11-9-17(28)10-12-18/h3-13,25,30H,15H2,1-2H3,(H,31,33)(H,32,34). The van der Waals surface area contributed by atoms with E-state index in [0.29, 0.717) is 39.0 Å². The van der Waals surface area contributed by atoms with E-state index in [1.807, 2.05) is 23.6 Å². The number of thiophene rings is 1. The molecule has 1 atom stereocenters. The summed E-state index contributed by atoms with van der Waals surface area (Å²) >= 11 is 2.61. The van der Waals surface area contributed by atoms with Crippen LogP contribution in [0.5, 0.6) is 5.75 Å². The number of para-hydroxylation sites is 2. The van der Waals surface area contributed by atoms with Crippen LogP contribution >= 0.6 is 23.1 Å². The zero-order valence-electron chi connectivity index (χ0n) is 20.0. The minimum Gasteiger partial charge on any atom is -0.495 e. The molecule has 2 amide bonds. The Kier molecular flexibility index (Phi) is 8.28. The smallest absolute Gasteiger partial charge is 0.254 e. The number of rotatable bonds is 8. The summed E-state index contributed by atoms with van der Waals surface area (Å²) < 4.78 is 18.5. The third kappa shape index (κ3) is 6.02. The zero-order valence-corrected chi connectivity index (χ0v) is 21.6. The Hall–Kier alpha value is -4.07. The monoisotopic (exact) mass is 534 g/mol. The average Bonchev–Trinajstić information content (AvgIpc) is 3.43. The van der Waals surface area contributed by atoms with E-state index in [9.17, 15) is 19.2 Å². The van der Waals surface area contributed by atoms with Crippen molar-refractivity contribution in [1.82, 2.24) is 5.32 Å². The summed E-state index contributed by atoms with van der Waals surface area (Å²) in [5, 5.41) is 21.3. The van der Waals surface area contributed by atoms with Crippen LogP contribution in [0, 0.1) is 17.1 Å². The van der Waals surface area contributed by atoms with Gasteiger partial charge in [-0.1, -0.05) is 30.0 Å². The fourth-order valence-electron chi connectivity index (χ4n) is 3.87. The number of thioether (sulfide) groups is 1. The van der Waals surface area contributed by atoms with Crippen molar-refractivity contribution in [1.29, 1.82) is 5.26 Å². The maximum Gasteiger partial charge on any atom is 0.254 e. The van der Waals surface area contributed by atoms with Crippen molar-refractivity contribution in [2.24, 2.45) is 0 Å². The minimum atomic E-state index is -0.608. The van der Waals surface area contributed by atoms with Gasteiger partial charge in [0.05, 0.1) is 41.1 Å². The van der Waals surface area contributed by atoms with Crippen molar-refractivity contribution in [3.63, 3.8) is 0 Å². The number of nitrogens with zero attached hydrogens (tertiary/aromatic N) is 1. The lowest BCUT2D eigenvalue weighted by Gasteiger charge is -2.29. The molecule has 37 heavy (non-hydrogen) atoms. The van der Waals surface area contributed by atoms with Crippen molar-refractivity contribution in [2.45, 2.75) is 12.8 Å². The number of nitriles is 1. The number of benzene rings is 2. The van der Waals surface area contributed by atoms with Crippen LogP contribution in [0.3, 0.4) is 0 Å². The Morgan fingerprint density at radius 2 is 1.89 bits per heavy atom. The molecule has 0 fully saturated rings. The van der Waals surface area contributed by atoms with Gasteiger partial charge in [-0.15, -0.1) is 11.3 Å². The number of nitrogens with one attached hydrogen (secondary N) is 3. The highest BCUT2D eigenvalue weighted by Gasteiger charge is 2.35. The topological polar surface area (TPSA) is 103 Å². The van der Waals surface area contributed by atoms with E-state index in [1.54, 1.807) is 25.1 Å². The Bertz CT molecular complexity index is 1410. The van der Waals surface area contributed by atoms with Crippen LogP contribution in [0.25, 0.3) is 0 Å². The lowest BCUT2D eigenvalue weighted by Crippen LogP contribution is -2.31. The van der Waals surface area contributed by atoms with Crippen molar-refractivity contribution >= 4 is 46.3 Å². The van der Waals surface area contributed by atoms with Crippen LogP contribution in [-0.4, -0.2) is 24.7 Å². The number of hydrogen-bond acceptors (Lipinski definition) is 7. The molecule has 1 unspecified atom stereocenters. The molecule has 0 spiro atoms. The van der Waals surface area contributed by atoms with E-state index in [1.165, 1.54) is 54.5 Å². The van der Waals surface area contributed by atoms with Crippen LogP contribution in [0.2, 0.25) is 0 Å². The molecule has 0 saturated carbocycles. The molecule has 3 N–H and O–H groups in total. The molecule has 1 aliphatic heterocycles. The van der Waals surface area contributed by atoms with Crippen LogP contribution in [-0.2, 0) is 9.59 Å². The van der Waals surface area contributed by atoms with Crippen LogP contribution in [0.1, 0.15) is 17.7 Å². The molecule has 188 valence electrons. The third-order valence-electron chi connectivity index (χ3n) is 5.55. The van der Waals surface area contributed by atoms with Gasteiger partial charge in [-0.2, -0.15) is 5.26 Å². The van der Waals surface area contributed by atoms with Crippen LogP contribution in [0.15, 0.2) is 87.9 Å². The zero-order chi connectivity index (χ0) is 26.4. The lowest BCUT2D eigenvalue weighted by atomic mass is 9.86. The van der Waals surface area contributed by atoms with Crippen molar-refractivity contribution in [2.75, 3.05) is 23.5 Å². The lowest BCUT2D eigenvalue weighted by molar-refractivity contribution is -0.114. The Morgan fingerprint density at radius 3 is 2.57 bits per heavy atom. The number of dihydropyridines is 1. The summed E-state index contributed by atoms with van der Waals surface area (Å²) in [6.07, 6.45) is 0. The minimum absolute atomic E-state index is 0.0120. The number of allylic oxidation sites excluding steroid dienone is 2. The molecule has 0 bridgehead atoms. The summed E-state index contributed by atoms with van der Waals surface area (Å²) in [6, 6.07) is 18.6. The van der Waals surface area contributed by atoms with E-state index < -0.39 is 11.7 Å². The van der Waals surface area contributed by atoms with Crippen molar-refractivity contribution in [3.8, 4) is 11.8 Å². The summed E-state index contributed by atoms with van der Waals surface area (Å²) in [6.45, 7) is 1.77. The first kappa shape index (κ1) is 26.0. The molecule has 3 aromatic rings. The van der Waals surface area contributed by atoms with E-state index >= 15 is 0 Å². The predicted molar refractivity (Wildman–Crippen MR) is 145 cm³/mol. The van der Waals surface area contributed by atoms with E-state index in [2.05, 4.69) is 22.0 Å². The number of amides is 2. The van der Waals surface area contributed by atoms with Gasteiger partial charge in [0.25, 0.3) is 5.91 Å². The molecule has 1 aliphatic rings. The van der Waals surface area contributed by atoms with E-state index in [0.717, 1.165) is 4.88 Å². The summed E-state index contributed by atoms with van der Waals surface area (Å²) in [5.74, 6) is -1.14. The Balaban J connectivity index is 1.59. The molecule has 4 rings (SSSR count). The fraction of sp³-hybridized carbons (Fsp3) is 0.148. The Morgan fingerprint density at radius 1 is 1.14 bits per heavy atom. The molecular formula is C27H23FN4O3S2. The second-order valence-corrected chi connectivity index (χ2v) is 9.93. The third-order valence-corrected chi connectivity index (χ3v) is 7.50. The summed E-state index contributed by atoms with van der Waals surface area (Å²) in [5.41, 5.74) is 2.32. The first-order valence-corrected chi connectivity index (χ1v) is 13.1. The molecule has 7 nitrogen and oxygen atoms in total. The van der Waals surface area contributed by atoms with Gasteiger partial charge in [-0.25, -0.2) is 4.39 Å². The molecule has 0 saturated heterocycles. The molecule has 0 aliphatic carbocycles. The second kappa shape index (κ2) is 11.8. The molecule has 10 heteroatoms. The maximum absolute atomic E-state index is 13.5. The highest BCUT2D eigenvalue weighted by molar-refractivity contribution is 8.03. The number of hydrogen-bond donors (Lipinski definition) is 3. The number of anilines is 2. The van der Waals surface area contributed by atoms with Gasteiger partial charge in [0, 0.05) is 21.8 Å². The van der Waals surface area contributed by atoms with Crippen molar-refractivity contribution < 1.29 is 18.7 Å². The highest BCUT2D eigenvalue weighted by atomic mass is 32.2. The van der Waals surface area contributed by atoms with Gasteiger partial charge in [0.15, 0.2) is 0 Å². The molecule has 2 aromatic carbocycles. The largest absolute Gasteiger partial charge is 0.495 e. The maximum atomic E-state index is 13.5. The first-order valence-electron chi connectivity index (χ1n) is 11.2.